The molecule has 0 saturated carbocycles. The maximum Gasteiger partial charge on any atom is 0.209 e. The summed E-state index contributed by atoms with van der Waals surface area (Å²) in [5.41, 5.74) is 10.3. The number of allylic oxidation sites excluding steroid dienone is 8. The summed E-state index contributed by atoms with van der Waals surface area (Å²) >= 11 is 6.90. The summed E-state index contributed by atoms with van der Waals surface area (Å²) in [6.45, 7) is 9.20. The predicted octanol–water partition coefficient (Wildman–Crippen LogP) is 8.41. The SMILES string of the molecule is C.CN1/C(=C\C=C2/CCC(/C=C/C3=[N+](C)c4ccccc4C3(C)C)=C2Cl)C(C)(C)c2ccccc21. The van der Waals surface area contributed by atoms with Gasteiger partial charge in [0.25, 0.3) is 0 Å². The second-order valence-electron chi connectivity index (χ2n) is 10.7. The molecule has 35 heavy (non-hydrogen) atoms. The van der Waals surface area contributed by atoms with Crippen molar-refractivity contribution in [3.8, 4) is 0 Å². The van der Waals surface area contributed by atoms with Crippen LogP contribution in [0.25, 0.3) is 0 Å². The molecule has 0 spiro atoms. The highest BCUT2D eigenvalue weighted by atomic mass is 35.5. The van der Waals surface area contributed by atoms with Gasteiger partial charge in [-0.3, -0.25) is 0 Å². The minimum atomic E-state index is -0.0236. The minimum absolute atomic E-state index is 0. The van der Waals surface area contributed by atoms with Crippen molar-refractivity contribution in [3.63, 3.8) is 0 Å². The van der Waals surface area contributed by atoms with Crippen LogP contribution < -0.4 is 4.90 Å². The first-order valence-electron chi connectivity index (χ1n) is 12.2. The number of anilines is 1. The maximum atomic E-state index is 6.90. The van der Waals surface area contributed by atoms with Gasteiger partial charge >= 0.3 is 0 Å². The average Bonchev–Trinajstić information content (AvgIpc) is 3.33. The maximum absolute atomic E-state index is 6.90. The first kappa shape index (κ1) is 25.3. The van der Waals surface area contributed by atoms with Crippen molar-refractivity contribution in [3.05, 3.63) is 106 Å². The zero-order valence-corrected chi connectivity index (χ0v) is 21.9. The zero-order valence-electron chi connectivity index (χ0n) is 21.1. The Morgan fingerprint density at radius 1 is 0.857 bits per heavy atom. The fraction of sp³-hybridized carbons (Fsp3) is 0.344. The third kappa shape index (κ3) is 3.93. The van der Waals surface area contributed by atoms with Crippen molar-refractivity contribution in [1.29, 1.82) is 0 Å². The highest BCUT2D eigenvalue weighted by molar-refractivity contribution is 6.33. The Morgan fingerprint density at radius 2 is 1.51 bits per heavy atom. The third-order valence-electron chi connectivity index (χ3n) is 7.99. The van der Waals surface area contributed by atoms with Crippen molar-refractivity contribution in [2.75, 3.05) is 19.0 Å². The summed E-state index contributed by atoms with van der Waals surface area (Å²) < 4.78 is 2.31. The Balaban J connectivity index is 0.00000289. The van der Waals surface area contributed by atoms with Gasteiger partial charge in [-0.2, -0.15) is 4.58 Å². The number of para-hydroxylation sites is 2. The van der Waals surface area contributed by atoms with Crippen LogP contribution in [0.4, 0.5) is 11.4 Å². The van der Waals surface area contributed by atoms with E-state index in [1.807, 2.05) is 0 Å². The summed E-state index contributed by atoms with van der Waals surface area (Å²) in [6.07, 6.45) is 11.0. The number of nitrogens with zero attached hydrogens (tertiary/aromatic N) is 2. The van der Waals surface area contributed by atoms with Gasteiger partial charge in [0.1, 0.15) is 7.05 Å². The number of halogens is 1. The molecule has 0 aromatic heterocycles. The molecule has 0 unspecified atom stereocenters. The van der Waals surface area contributed by atoms with E-state index in [1.165, 1.54) is 45.1 Å². The molecule has 3 aliphatic rings. The van der Waals surface area contributed by atoms with Crippen LogP contribution >= 0.6 is 11.6 Å². The summed E-state index contributed by atoms with van der Waals surface area (Å²) in [5.74, 6) is 0. The van der Waals surface area contributed by atoms with E-state index in [4.69, 9.17) is 11.6 Å². The summed E-state index contributed by atoms with van der Waals surface area (Å²) in [6, 6.07) is 17.4. The molecule has 0 N–H and O–H groups in total. The highest BCUT2D eigenvalue weighted by Gasteiger charge is 2.42. The first-order valence-corrected chi connectivity index (χ1v) is 12.5. The lowest BCUT2D eigenvalue weighted by Gasteiger charge is -2.23. The van der Waals surface area contributed by atoms with E-state index in [-0.39, 0.29) is 18.3 Å². The second kappa shape index (κ2) is 8.99. The number of likely N-dealkylation sites (N-methyl/N-ethyl adjacent to an activating group) is 1. The van der Waals surface area contributed by atoms with Crippen molar-refractivity contribution in [2.24, 2.45) is 0 Å². The summed E-state index contributed by atoms with van der Waals surface area (Å²) in [4.78, 5) is 2.31. The molecule has 0 saturated heterocycles. The molecule has 0 amide bonds. The average molecular weight is 486 g/mol. The minimum Gasteiger partial charge on any atom is -0.347 e. The van der Waals surface area contributed by atoms with Gasteiger partial charge in [-0.25, -0.2) is 0 Å². The Kier molecular flexibility index (Phi) is 6.49. The molecule has 0 atom stereocenters. The monoisotopic (exact) mass is 485 g/mol. The first-order chi connectivity index (χ1) is 16.1. The number of fused-ring (bicyclic) bond motifs is 2. The van der Waals surface area contributed by atoms with Gasteiger partial charge < -0.3 is 4.90 Å². The molecular formula is C32H38ClN2+. The van der Waals surface area contributed by atoms with Crippen LogP contribution in [-0.2, 0) is 10.8 Å². The van der Waals surface area contributed by atoms with E-state index in [9.17, 15) is 0 Å². The van der Waals surface area contributed by atoms with Gasteiger partial charge in [-0.05, 0) is 55.5 Å². The number of benzene rings is 2. The number of hydrogen-bond donors (Lipinski definition) is 0. The Labute approximate surface area is 216 Å². The second-order valence-corrected chi connectivity index (χ2v) is 11.1. The molecule has 2 aromatic rings. The van der Waals surface area contributed by atoms with E-state index in [0.29, 0.717) is 0 Å². The fourth-order valence-corrected chi connectivity index (χ4v) is 6.29. The van der Waals surface area contributed by atoms with E-state index < -0.39 is 0 Å². The molecule has 3 heteroatoms. The van der Waals surface area contributed by atoms with Crippen LogP contribution in [0, 0.1) is 0 Å². The molecule has 2 heterocycles. The molecule has 2 aromatic carbocycles. The lowest BCUT2D eigenvalue weighted by atomic mass is 9.81. The Hall–Kier alpha value is -2.84. The van der Waals surface area contributed by atoms with E-state index in [2.05, 4.69) is 124 Å². The van der Waals surface area contributed by atoms with Crippen LogP contribution in [0.3, 0.4) is 0 Å². The Bertz CT molecular complexity index is 1330. The van der Waals surface area contributed by atoms with Gasteiger partial charge in [-0.1, -0.05) is 81.4 Å². The molecule has 0 radical (unpaired) electrons. The fourth-order valence-electron chi connectivity index (χ4n) is 5.97. The number of rotatable bonds is 3. The van der Waals surface area contributed by atoms with Crippen molar-refractivity contribution >= 4 is 28.7 Å². The molecule has 2 nitrogen and oxygen atoms in total. The predicted molar refractivity (Wildman–Crippen MR) is 152 cm³/mol. The lowest BCUT2D eigenvalue weighted by Crippen LogP contribution is -2.26. The largest absolute Gasteiger partial charge is 0.347 e. The van der Waals surface area contributed by atoms with Gasteiger partial charge in [-0.15, -0.1) is 0 Å². The van der Waals surface area contributed by atoms with Crippen LogP contribution in [0.1, 0.15) is 59.1 Å². The van der Waals surface area contributed by atoms with Gasteiger partial charge in [0, 0.05) is 46.6 Å². The molecule has 182 valence electrons. The summed E-state index contributed by atoms with van der Waals surface area (Å²) in [5, 5.41) is 0.903. The van der Waals surface area contributed by atoms with Crippen LogP contribution in [0.2, 0.25) is 0 Å². The van der Waals surface area contributed by atoms with Crippen molar-refractivity contribution < 1.29 is 4.58 Å². The lowest BCUT2D eigenvalue weighted by molar-refractivity contribution is -0.401. The van der Waals surface area contributed by atoms with E-state index in [1.54, 1.807) is 0 Å². The van der Waals surface area contributed by atoms with Crippen molar-refractivity contribution in [1.82, 2.24) is 0 Å². The van der Waals surface area contributed by atoms with Crippen molar-refractivity contribution in [2.45, 2.75) is 58.8 Å². The van der Waals surface area contributed by atoms with E-state index >= 15 is 0 Å². The van der Waals surface area contributed by atoms with Gasteiger partial charge in [0.2, 0.25) is 5.69 Å². The highest BCUT2D eigenvalue weighted by Crippen LogP contribution is 2.47. The van der Waals surface area contributed by atoms with Crippen LogP contribution in [0.15, 0.2) is 94.7 Å². The molecule has 1 aliphatic carbocycles. The normalized spacial score (nSPS) is 22.4. The number of hydrogen-bond acceptors (Lipinski definition) is 1. The standard InChI is InChI=1S/C31H34ClN2.CH4/c1-30(2)23-11-7-9-13-25(23)33(5)27(30)19-17-21-15-16-22(29(21)32)18-20-28-31(3,4)24-12-8-10-14-26(24)34(28)6;/h7-14,17-20H,15-16H2,1-6H3;1H4/q+1;. The quantitative estimate of drug-likeness (QED) is 0.395. The molecule has 2 aliphatic heterocycles. The molecular weight excluding hydrogens is 448 g/mol. The zero-order chi connectivity index (χ0) is 24.3. The van der Waals surface area contributed by atoms with E-state index in [0.717, 1.165) is 17.9 Å². The van der Waals surface area contributed by atoms with Crippen LogP contribution in [0.5, 0.6) is 0 Å². The summed E-state index contributed by atoms with van der Waals surface area (Å²) in [7, 11) is 4.32. The third-order valence-corrected chi connectivity index (χ3v) is 8.48. The molecule has 0 bridgehead atoms. The smallest absolute Gasteiger partial charge is 0.209 e. The molecule has 5 rings (SSSR count). The topological polar surface area (TPSA) is 6.25 Å². The van der Waals surface area contributed by atoms with Gasteiger partial charge in [0.15, 0.2) is 5.71 Å². The van der Waals surface area contributed by atoms with Crippen LogP contribution in [-0.4, -0.2) is 24.4 Å². The van der Waals surface area contributed by atoms with Gasteiger partial charge in [0.05, 0.1) is 5.41 Å². The Morgan fingerprint density at radius 3 is 2.20 bits per heavy atom. The molecule has 0 fully saturated rings.